The summed E-state index contributed by atoms with van der Waals surface area (Å²) in [4.78, 5) is 24.7. The number of hydrogen-bond acceptors (Lipinski definition) is 3. The van der Waals surface area contributed by atoms with Crippen LogP contribution in [0.2, 0.25) is 5.02 Å². The molecule has 1 aromatic rings. The van der Waals surface area contributed by atoms with E-state index in [1.165, 1.54) is 5.01 Å². The Balaban J connectivity index is 3.03. The second-order valence-corrected chi connectivity index (χ2v) is 7.31. The summed E-state index contributed by atoms with van der Waals surface area (Å²) in [6, 6.07) is 6.69. The van der Waals surface area contributed by atoms with Gasteiger partial charge < -0.3 is 4.74 Å². The Kier molecular flexibility index (Phi) is 5.46. The van der Waals surface area contributed by atoms with Crippen molar-refractivity contribution in [2.24, 2.45) is 0 Å². The molecule has 0 aliphatic heterocycles. The number of nitrogens with one attached hydrogen (secondary N) is 1. The van der Waals surface area contributed by atoms with Crippen LogP contribution in [-0.2, 0) is 4.74 Å². The van der Waals surface area contributed by atoms with E-state index in [-0.39, 0.29) is 0 Å². The van der Waals surface area contributed by atoms with Gasteiger partial charge in [-0.2, -0.15) is 0 Å². The Morgan fingerprint density at radius 2 is 1.64 bits per heavy atom. The monoisotopic (exact) mass is 326 g/mol. The molecule has 22 heavy (non-hydrogen) atoms. The fourth-order valence-corrected chi connectivity index (χ4v) is 1.89. The van der Waals surface area contributed by atoms with Crippen LogP contribution in [0, 0.1) is 0 Å². The predicted molar refractivity (Wildman–Crippen MR) is 86.7 cm³/mol. The third-order valence-corrected chi connectivity index (χ3v) is 2.91. The molecule has 0 fully saturated rings. The minimum absolute atomic E-state index is 0.315. The molecule has 0 aliphatic rings. The largest absolute Gasteiger partial charge is 0.443 e. The molecule has 0 saturated heterocycles. The summed E-state index contributed by atoms with van der Waals surface area (Å²) in [5.41, 5.74) is 1.52. The van der Waals surface area contributed by atoms with Gasteiger partial charge in [-0.3, -0.25) is 4.79 Å². The van der Waals surface area contributed by atoms with E-state index in [9.17, 15) is 9.59 Å². The summed E-state index contributed by atoms with van der Waals surface area (Å²) >= 11 is 6.06. The van der Waals surface area contributed by atoms with Crippen LogP contribution < -0.4 is 5.43 Å². The highest BCUT2D eigenvalue weighted by molar-refractivity contribution is 6.33. The Morgan fingerprint density at radius 3 is 2.09 bits per heavy atom. The third kappa shape index (κ3) is 5.22. The van der Waals surface area contributed by atoms with Gasteiger partial charge in [0, 0.05) is 0 Å². The molecule has 0 spiro atoms. The second kappa shape index (κ2) is 6.57. The lowest BCUT2D eigenvalue weighted by Crippen LogP contribution is -2.56. The average molecular weight is 327 g/mol. The number of halogens is 1. The van der Waals surface area contributed by atoms with Crippen molar-refractivity contribution < 1.29 is 14.3 Å². The molecule has 1 rings (SSSR count). The van der Waals surface area contributed by atoms with Crippen molar-refractivity contribution in [3.8, 4) is 0 Å². The molecule has 0 atom stereocenters. The van der Waals surface area contributed by atoms with Gasteiger partial charge in [-0.15, -0.1) is 0 Å². The molecule has 1 N–H and O–H groups in total. The predicted octanol–water partition coefficient (Wildman–Crippen LogP) is 4.02. The molecule has 1 aromatic carbocycles. The zero-order chi connectivity index (χ0) is 17.1. The van der Waals surface area contributed by atoms with Crippen LogP contribution in [0.5, 0.6) is 0 Å². The molecule has 122 valence electrons. The van der Waals surface area contributed by atoms with Crippen molar-refractivity contribution >= 4 is 23.6 Å². The Morgan fingerprint density at radius 1 is 1.09 bits per heavy atom. The molecule has 0 bridgehead atoms. The molecule has 0 saturated carbocycles. The van der Waals surface area contributed by atoms with Gasteiger partial charge in [0.1, 0.15) is 5.60 Å². The summed E-state index contributed by atoms with van der Waals surface area (Å²) in [5, 5.41) is 1.55. The molecule has 0 aromatic heterocycles. The summed E-state index contributed by atoms with van der Waals surface area (Å²) in [5.74, 6) is -0.399. The smallest absolute Gasteiger partial charge is 0.426 e. The van der Waals surface area contributed by atoms with E-state index in [1.807, 2.05) is 0 Å². The van der Waals surface area contributed by atoms with E-state index in [0.29, 0.717) is 10.6 Å². The number of nitrogens with zero attached hydrogens (tertiary/aromatic N) is 1. The van der Waals surface area contributed by atoms with E-state index in [0.717, 1.165) is 0 Å². The number of ether oxygens (including phenoxy) is 1. The first-order chi connectivity index (χ1) is 9.92. The average Bonchev–Trinajstić information content (AvgIpc) is 2.32. The first-order valence-electron chi connectivity index (χ1n) is 7.00. The zero-order valence-electron chi connectivity index (χ0n) is 13.9. The van der Waals surface area contributed by atoms with Gasteiger partial charge in [0.05, 0.1) is 16.1 Å². The van der Waals surface area contributed by atoms with Crippen LogP contribution in [0.4, 0.5) is 4.79 Å². The van der Waals surface area contributed by atoms with Crippen molar-refractivity contribution in [3.05, 3.63) is 34.9 Å². The van der Waals surface area contributed by atoms with Gasteiger partial charge in [-0.05, 0) is 53.7 Å². The fourth-order valence-electron chi connectivity index (χ4n) is 1.67. The molecular weight excluding hydrogens is 304 g/mol. The SMILES string of the molecule is CC(C)(C)OC(=O)NN(C(=O)c1ccccc1Cl)C(C)(C)C. The van der Waals surface area contributed by atoms with Crippen LogP contribution in [0.1, 0.15) is 51.9 Å². The molecule has 0 unspecified atom stereocenters. The maximum atomic E-state index is 12.7. The normalized spacial score (nSPS) is 11.8. The van der Waals surface area contributed by atoms with Crippen molar-refractivity contribution in [3.63, 3.8) is 0 Å². The summed E-state index contributed by atoms with van der Waals surface area (Å²) in [6.07, 6.45) is -0.692. The molecule has 2 amide bonds. The standard InChI is InChI=1S/C16H23ClN2O3/c1-15(2,3)19(18-14(21)22-16(4,5)6)13(20)11-9-7-8-10-12(11)17/h7-10H,1-6H3,(H,18,21). The quantitative estimate of drug-likeness (QED) is 0.793. The van der Waals surface area contributed by atoms with Gasteiger partial charge in [0.2, 0.25) is 0 Å². The summed E-state index contributed by atoms with van der Waals surface area (Å²) in [6.45, 7) is 10.7. The molecule has 5 nitrogen and oxygen atoms in total. The van der Waals surface area contributed by atoms with Crippen LogP contribution in [-0.4, -0.2) is 28.1 Å². The van der Waals surface area contributed by atoms with Gasteiger partial charge in [0.25, 0.3) is 5.91 Å². The topological polar surface area (TPSA) is 58.6 Å². The zero-order valence-corrected chi connectivity index (χ0v) is 14.6. The van der Waals surface area contributed by atoms with Crippen LogP contribution in [0.3, 0.4) is 0 Å². The second-order valence-electron chi connectivity index (χ2n) is 6.90. The van der Waals surface area contributed by atoms with Crippen LogP contribution in [0.25, 0.3) is 0 Å². The number of carbonyl (C=O) groups excluding carboxylic acids is 2. The minimum atomic E-state index is -0.692. The lowest BCUT2D eigenvalue weighted by molar-refractivity contribution is 0.0118. The maximum Gasteiger partial charge on any atom is 0.426 e. The number of benzene rings is 1. The minimum Gasteiger partial charge on any atom is -0.443 e. The van der Waals surface area contributed by atoms with Crippen molar-refractivity contribution in [2.45, 2.75) is 52.7 Å². The highest BCUT2D eigenvalue weighted by Crippen LogP contribution is 2.21. The van der Waals surface area contributed by atoms with E-state index in [4.69, 9.17) is 16.3 Å². The summed E-state index contributed by atoms with van der Waals surface area (Å²) in [7, 11) is 0. The number of hydrazine groups is 1. The molecule has 0 heterocycles. The number of rotatable bonds is 1. The van der Waals surface area contributed by atoms with Gasteiger partial charge in [-0.1, -0.05) is 23.7 Å². The van der Waals surface area contributed by atoms with Gasteiger partial charge in [-0.25, -0.2) is 15.2 Å². The van der Waals surface area contributed by atoms with E-state index in [1.54, 1.807) is 65.8 Å². The van der Waals surface area contributed by atoms with Gasteiger partial charge >= 0.3 is 6.09 Å². The van der Waals surface area contributed by atoms with Crippen molar-refractivity contribution in [1.82, 2.24) is 10.4 Å². The Hall–Kier alpha value is -1.75. The van der Waals surface area contributed by atoms with E-state index < -0.39 is 23.1 Å². The number of amides is 2. The fraction of sp³-hybridized carbons (Fsp3) is 0.500. The van der Waals surface area contributed by atoms with Crippen molar-refractivity contribution in [1.29, 1.82) is 0 Å². The van der Waals surface area contributed by atoms with E-state index >= 15 is 0 Å². The molecule has 6 heteroatoms. The van der Waals surface area contributed by atoms with Gasteiger partial charge in [0.15, 0.2) is 0 Å². The molecule has 0 aliphatic carbocycles. The first-order valence-corrected chi connectivity index (χ1v) is 7.38. The maximum absolute atomic E-state index is 12.7. The van der Waals surface area contributed by atoms with Crippen LogP contribution in [0.15, 0.2) is 24.3 Å². The molecule has 0 radical (unpaired) electrons. The van der Waals surface area contributed by atoms with Crippen LogP contribution >= 0.6 is 11.6 Å². The Labute approximate surface area is 136 Å². The lowest BCUT2D eigenvalue weighted by Gasteiger charge is -2.36. The number of carbonyl (C=O) groups is 2. The Bertz CT molecular complexity index is 559. The number of hydrogen-bond donors (Lipinski definition) is 1. The first kappa shape index (κ1) is 18.3. The highest BCUT2D eigenvalue weighted by atomic mass is 35.5. The lowest BCUT2D eigenvalue weighted by atomic mass is 10.1. The molecular formula is C16H23ClN2O3. The highest BCUT2D eigenvalue weighted by Gasteiger charge is 2.31. The van der Waals surface area contributed by atoms with E-state index in [2.05, 4.69) is 5.43 Å². The third-order valence-electron chi connectivity index (χ3n) is 2.58. The summed E-state index contributed by atoms with van der Waals surface area (Å²) < 4.78 is 5.20. The van der Waals surface area contributed by atoms with Crippen molar-refractivity contribution in [2.75, 3.05) is 0 Å².